The fourth-order valence-electron chi connectivity index (χ4n) is 4.55. The van der Waals surface area contributed by atoms with E-state index in [4.69, 9.17) is 4.42 Å². The Kier molecular flexibility index (Phi) is 5.52. The van der Waals surface area contributed by atoms with Crippen molar-refractivity contribution in [2.75, 3.05) is 11.4 Å². The van der Waals surface area contributed by atoms with Gasteiger partial charge in [-0.1, -0.05) is 65.6 Å². The molecular formula is C29H25N2OS2+. The maximum atomic E-state index is 6.36. The van der Waals surface area contributed by atoms with Gasteiger partial charge in [0.25, 0.3) is 5.01 Å². The highest BCUT2D eigenvalue weighted by Gasteiger charge is 2.25. The van der Waals surface area contributed by atoms with Crippen LogP contribution < -0.4 is 9.47 Å². The number of furan rings is 1. The topological polar surface area (TPSA) is 20.3 Å². The molecule has 0 saturated heterocycles. The minimum absolute atomic E-state index is 0.890. The van der Waals surface area contributed by atoms with E-state index in [0.29, 0.717) is 0 Å². The van der Waals surface area contributed by atoms with Crippen LogP contribution >= 0.6 is 23.1 Å². The number of thioether (sulfide) groups is 1. The Balaban J connectivity index is 1.54. The van der Waals surface area contributed by atoms with Gasteiger partial charge in [-0.15, -0.1) is 0 Å². The highest BCUT2D eigenvalue weighted by atomic mass is 32.2. The fourth-order valence-corrected chi connectivity index (χ4v) is 6.90. The molecule has 0 N–H and O–H groups in total. The molecule has 0 spiro atoms. The van der Waals surface area contributed by atoms with Crippen molar-refractivity contribution in [3.8, 4) is 0 Å². The molecule has 2 aromatic heterocycles. The molecule has 0 atom stereocenters. The molecule has 0 amide bonds. The molecule has 6 rings (SSSR count). The monoisotopic (exact) mass is 481 g/mol. The van der Waals surface area contributed by atoms with Crippen LogP contribution in [-0.4, -0.2) is 6.54 Å². The second-order valence-electron chi connectivity index (χ2n) is 8.20. The van der Waals surface area contributed by atoms with E-state index < -0.39 is 0 Å². The first-order chi connectivity index (χ1) is 16.7. The van der Waals surface area contributed by atoms with Gasteiger partial charge in [0.05, 0.1) is 10.7 Å². The van der Waals surface area contributed by atoms with E-state index >= 15 is 0 Å². The van der Waals surface area contributed by atoms with Crippen LogP contribution in [0.5, 0.6) is 0 Å². The standard InChI is InChI=1S/C29H25N2OS2/c1-3-30-22-12-6-9-15-26(22)33-28(30)18-21(25-17-20-11-5-8-14-24(20)32-25)19-29-31(4-2)23-13-7-10-16-27(23)34-29/h5-19H,3-4H2,1-2H3/q+1. The lowest BCUT2D eigenvalue weighted by atomic mass is 10.1. The Bertz CT molecular complexity index is 1540. The summed E-state index contributed by atoms with van der Waals surface area (Å²) < 4.78 is 10.0. The number of hydrogen-bond acceptors (Lipinski definition) is 4. The molecule has 1 aliphatic heterocycles. The van der Waals surface area contributed by atoms with Crippen molar-refractivity contribution in [2.45, 2.75) is 25.3 Å². The third-order valence-corrected chi connectivity index (χ3v) is 8.40. The first-order valence-corrected chi connectivity index (χ1v) is 13.3. The average molecular weight is 482 g/mol. The normalized spacial score (nSPS) is 15.1. The van der Waals surface area contributed by atoms with Crippen LogP contribution in [0, 0.1) is 0 Å². The summed E-state index contributed by atoms with van der Waals surface area (Å²) in [6.07, 6.45) is 4.58. The summed E-state index contributed by atoms with van der Waals surface area (Å²) >= 11 is 3.65. The summed E-state index contributed by atoms with van der Waals surface area (Å²) in [5.74, 6) is 0.890. The molecule has 0 fully saturated rings. The quantitative estimate of drug-likeness (QED) is 0.237. The SMILES string of the molecule is CCN1/C(=C/C(=C\c2sc3ccccc3[n+]2CC)c2cc3ccccc3o2)Sc2ccccc21. The summed E-state index contributed by atoms with van der Waals surface area (Å²) in [5, 5.41) is 3.57. The number of aryl methyl sites for hydroxylation is 1. The zero-order chi connectivity index (χ0) is 23.1. The molecule has 168 valence electrons. The second kappa shape index (κ2) is 8.82. The van der Waals surface area contributed by atoms with Crippen molar-refractivity contribution < 1.29 is 8.98 Å². The molecule has 5 heteroatoms. The van der Waals surface area contributed by atoms with Gasteiger partial charge < -0.3 is 9.32 Å². The molecule has 3 aromatic carbocycles. The third kappa shape index (κ3) is 3.65. The fraction of sp³-hybridized carbons (Fsp3) is 0.138. The lowest BCUT2D eigenvalue weighted by molar-refractivity contribution is -0.665. The number of hydrogen-bond donors (Lipinski definition) is 0. The largest absolute Gasteiger partial charge is 0.456 e. The lowest BCUT2D eigenvalue weighted by Gasteiger charge is -2.18. The number of thiazole rings is 1. The number of benzene rings is 3. The van der Waals surface area contributed by atoms with Crippen molar-refractivity contribution in [1.29, 1.82) is 0 Å². The lowest BCUT2D eigenvalue weighted by Crippen LogP contribution is -2.33. The molecule has 0 saturated carbocycles. The first kappa shape index (κ1) is 21.3. The average Bonchev–Trinajstić information content (AvgIpc) is 3.55. The number of nitrogens with zero attached hydrogens (tertiary/aromatic N) is 2. The van der Waals surface area contributed by atoms with Crippen molar-refractivity contribution in [3.63, 3.8) is 0 Å². The first-order valence-electron chi connectivity index (χ1n) is 11.6. The van der Waals surface area contributed by atoms with Gasteiger partial charge in [-0.3, -0.25) is 0 Å². The van der Waals surface area contributed by atoms with Crippen LogP contribution in [0.25, 0.3) is 32.8 Å². The van der Waals surface area contributed by atoms with E-state index in [0.717, 1.165) is 35.4 Å². The highest BCUT2D eigenvalue weighted by Crippen LogP contribution is 2.46. The van der Waals surface area contributed by atoms with Crippen molar-refractivity contribution in [1.82, 2.24) is 0 Å². The zero-order valence-electron chi connectivity index (χ0n) is 19.2. The van der Waals surface area contributed by atoms with Crippen LogP contribution in [0.2, 0.25) is 0 Å². The van der Waals surface area contributed by atoms with E-state index in [2.05, 4.69) is 102 Å². The maximum Gasteiger partial charge on any atom is 0.263 e. The van der Waals surface area contributed by atoms with E-state index in [1.54, 1.807) is 0 Å². The van der Waals surface area contributed by atoms with Crippen molar-refractivity contribution >= 4 is 61.6 Å². The van der Waals surface area contributed by atoms with Gasteiger partial charge in [-0.05, 0) is 50.3 Å². The Hall–Kier alpha value is -3.28. The number of anilines is 1. The Morgan fingerprint density at radius 3 is 2.62 bits per heavy atom. The van der Waals surface area contributed by atoms with Gasteiger partial charge in [-0.2, -0.15) is 4.57 Å². The maximum absolute atomic E-state index is 6.36. The van der Waals surface area contributed by atoms with E-state index in [1.165, 1.54) is 30.8 Å². The molecule has 0 radical (unpaired) electrons. The number of allylic oxidation sites excluding steroid dienone is 2. The minimum Gasteiger partial charge on any atom is -0.456 e. The summed E-state index contributed by atoms with van der Waals surface area (Å²) in [6.45, 7) is 6.25. The van der Waals surface area contributed by atoms with Crippen LogP contribution in [0.3, 0.4) is 0 Å². The van der Waals surface area contributed by atoms with Crippen LogP contribution in [0.4, 0.5) is 5.69 Å². The Labute approximate surface area is 207 Å². The van der Waals surface area contributed by atoms with Crippen LogP contribution in [0.15, 0.2) is 99.3 Å². The molecule has 0 bridgehead atoms. The molecule has 34 heavy (non-hydrogen) atoms. The zero-order valence-corrected chi connectivity index (χ0v) is 20.8. The van der Waals surface area contributed by atoms with Crippen molar-refractivity contribution in [3.05, 3.63) is 101 Å². The summed E-state index contributed by atoms with van der Waals surface area (Å²) in [7, 11) is 0. The molecule has 1 aliphatic rings. The summed E-state index contributed by atoms with van der Waals surface area (Å²) in [6, 6.07) is 27.6. The van der Waals surface area contributed by atoms with Gasteiger partial charge >= 0.3 is 0 Å². The Morgan fingerprint density at radius 2 is 1.76 bits per heavy atom. The number of fused-ring (bicyclic) bond motifs is 3. The van der Waals surface area contributed by atoms with E-state index in [1.807, 2.05) is 35.2 Å². The molecule has 3 heterocycles. The number of rotatable bonds is 5. The summed E-state index contributed by atoms with van der Waals surface area (Å²) in [4.78, 5) is 3.68. The van der Waals surface area contributed by atoms with Gasteiger partial charge in [-0.25, -0.2) is 0 Å². The van der Waals surface area contributed by atoms with Crippen molar-refractivity contribution in [2.24, 2.45) is 0 Å². The van der Waals surface area contributed by atoms with E-state index in [-0.39, 0.29) is 0 Å². The predicted octanol–water partition coefficient (Wildman–Crippen LogP) is 7.97. The Morgan fingerprint density at radius 1 is 0.971 bits per heavy atom. The molecule has 0 aliphatic carbocycles. The smallest absolute Gasteiger partial charge is 0.263 e. The van der Waals surface area contributed by atoms with Gasteiger partial charge in [0.2, 0.25) is 5.52 Å². The van der Waals surface area contributed by atoms with Gasteiger partial charge in [0.1, 0.15) is 22.6 Å². The molecule has 5 aromatic rings. The second-order valence-corrected chi connectivity index (χ2v) is 10.3. The van der Waals surface area contributed by atoms with Gasteiger partial charge in [0.15, 0.2) is 0 Å². The minimum atomic E-state index is 0.890. The predicted molar refractivity (Wildman–Crippen MR) is 145 cm³/mol. The van der Waals surface area contributed by atoms with Crippen LogP contribution in [-0.2, 0) is 6.54 Å². The third-order valence-electron chi connectivity index (χ3n) is 6.17. The summed E-state index contributed by atoms with van der Waals surface area (Å²) in [5.41, 5.74) is 4.54. The molecule has 3 nitrogen and oxygen atoms in total. The highest BCUT2D eigenvalue weighted by molar-refractivity contribution is 8.03. The number of aromatic nitrogens is 1. The van der Waals surface area contributed by atoms with E-state index in [9.17, 15) is 0 Å². The number of para-hydroxylation sites is 3. The molecule has 0 unspecified atom stereocenters. The van der Waals surface area contributed by atoms with Gasteiger partial charge in [0, 0.05) is 34.5 Å². The van der Waals surface area contributed by atoms with Crippen LogP contribution in [0.1, 0.15) is 24.6 Å². The molecular weight excluding hydrogens is 456 g/mol.